The van der Waals surface area contributed by atoms with Crippen LogP contribution in [0.3, 0.4) is 0 Å². The highest BCUT2D eigenvalue weighted by Crippen LogP contribution is 2.20. The molecule has 0 radical (unpaired) electrons. The fourth-order valence-corrected chi connectivity index (χ4v) is 4.93. The average molecular weight is 348 g/mol. The van der Waals surface area contributed by atoms with Gasteiger partial charge < -0.3 is 0 Å². The molecule has 0 amide bonds. The van der Waals surface area contributed by atoms with E-state index in [2.05, 4.69) is 10.8 Å². The van der Waals surface area contributed by atoms with E-state index in [1.165, 1.54) is 10.9 Å². The van der Waals surface area contributed by atoms with E-state index in [1.807, 2.05) is 11.4 Å². The normalized spacial score (nSPS) is 11.7. The fourth-order valence-electron chi connectivity index (χ4n) is 1.56. The quantitative estimate of drug-likeness (QED) is 0.778. The zero-order chi connectivity index (χ0) is 14.4. The Kier molecular flexibility index (Phi) is 5.92. The van der Waals surface area contributed by atoms with Crippen LogP contribution in [0, 0.1) is 0 Å². The van der Waals surface area contributed by atoms with Crippen LogP contribution in [-0.4, -0.2) is 20.7 Å². The molecule has 3 nitrogen and oxygen atoms in total. The van der Waals surface area contributed by atoms with Gasteiger partial charge >= 0.3 is 0 Å². The maximum absolute atomic E-state index is 12.0. The summed E-state index contributed by atoms with van der Waals surface area (Å²) >= 11 is 9.30. The second-order valence-corrected chi connectivity index (χ2v) is 8.24. The third-order valence-corrected chi connectivity index (χ3v) is 6.52. The number of thiophene rings is 1. The molecule has 0 aliphatic carbocycles. The number of nitrogens with one attached hydrogen (secondary N) is 1. The average Bonchev–Trinajstić information content (AvgIpc) is 2.91. The van der Waals surface area contributed by atoms with Crippen LogP contribution in [-0.2, 0) is 15.8 Å². The van der Waals surface area contributed by atoms with Crippen molar-refractivity contribution in [2.24, 2.45) is 0 Å². The van der Waals surface area contributed by atoms with Crippen LogP contribution < -0.4 is 4.72 Å². The minimum absolute atomic E-state index is 0.130. The molecule has 108 valence electrons. The van der Waals surface area contributed by atoms with Crippen molar-refractivity contribution < 1.29 is 8.42 Å². The van der Waals surface area contributed by atoms with Crippen molar-refractivity contribution in [3.8, 4) is 0 Å². The Morgan fingerprint density at radius 2 is 2.00 bits per heavy atom. The zero-order valence-electron chi connectivity index (χ0n) is 10.6. The number of rotatable bonds is 7. The van der Waals surface area contributed by atoms with Gasteiger partial charge in [-0.05, 0) is 23.6 Å². The molecule has 0 bridgehead atoms. The first kappa shape index (κ1) is 15.9. The standard InChI is InChI=1S/C13H14ClNO2S3/c14-12-5-1-2-6-13(12)20(16,17)15-7-9-18-10-11-4-3-8-19-11/h1-6,8,15H,7,9-10H2. The molecule has 0 atom stereocenters. The molecule has 1 aromatic heterocycles. The van der Waals surface area contributed by atoms with E-state index in [0.717, 1.165) is 11.5 Å². The van der Waals surface area contributed by atoms with Gasteiger partial charge in [0.2, 0.25) is 10.0 Å². The number of sulfonamides is 1. The molecule has 0 spiro atoms. The molecule has 0 fully saturated rings. The van der Waals surface area contributed by atoms with Crippen molar-refractivity contribution in [3.63, 3.8) is 0 Å². The summed E-state index contributed by atoms with van der Waals surface area (Å²) in [5.41, 5.74) is 0. The van der Waals surface area contributed by atoms with Crippen molar-refractivity contribution in [1.29, 1.82) is 0 Å². The topological polar surface area (TPSA) is 46.2 Å². The monoisotopic (exact) mass is 347 g/mol. The third kappa shape index (κ3) is 4.49. The minimum atomic E-state index is -3.52. The Morgan fingerprint density at radius 3 is 2.70 bits per heavy atom. The molecule has 2 rings (SSSR count). The lowest BCUT2D eigenvalue weighted by atomic mass is 10.4. The highest BCUT2D eigenvalue weighted by atomic mass is 35.5. The summed E-state index contributed by atoms with van der Waals surface area (Å²) in [6.07, 6.45) is 0. The Morgan fingerprint density at radius 1 is 1.20 bits per heavy atom. The van der Waals surface area contributed by atoms with E-state index in [9.17, 15) is 8.42 Å². The lowest BCUT2D eigenvalue weighted by molar-refractivity contribution is 0.584. The van der Waals surface area contributed by atoms with Crippen LogP contribution in [0.25, 0.3) is 0 Å². The third-order valence-electron chi connectivity index (χ3n) is 2.49. The Hall–Kier alpha value is -0.530. The maximum atomic E-state index is 12.0. The predicted molar refractivity (Wildman–Crippen MR) is 87.1 cm³/mol. The van der Waals surface area contributed by atoms with Crippen molar-refractivity contribution in [2.75, 3.05) is 12.3 Å². The second-order valence-electron chi connectivity index (χ2n) is 3.96. The summed E-state index contributed by atoms with van der Waals surface area (Å²) in [5, 5.41) is 2.28. The van der Waals surface area contributed by atoms with Crippen LogP contribution >= 0.6 is 34.7 Å². The van der Waals surface area contributed by atoms with E-state index in [1.54, 1.807) is 41.3 Å². The van der Waals surface area contributed by atoms with Crippen molar-refractivity contribution in [1.82, 2.24) is 4.72 Å². The Bertz CT molecular complexity index is 641. The van der Waals surface area contributed by atoms with Gasteiger partial charge in [-0.2, -0.15) is 11.8 Å². The van der Waals surface area contributed by atoms with E-state index >= 15 is 0 Å². The Labute approximate surface area is 132 Å². The highest BCUT2D eigenvalue weighted by molar-refractivity contribution is 7.98. The maximum Gasteiger partial charge on any atom is 0.242 e. The molecule has 2 aromatic rings. The molecule has 0 unspecified atom stereocenters. The molecule has 7 heteroatoms. The number of hydrogen-bond acceptors (Lipinski definition) is 4. The SMILES string of the molecule is O=S(=O)(NCCSCc1cccs1)c1ccccc1Cl. The van der Waals surface area contributed by atoms with Crippen LogP contribution in [0.4, 0.5) is 0 Å². The van der Waals surface area contributed by atoms with Gasteiger partial charge in [-0.3, -0.25) is 0 Å². The van der Waals surface area contributed by atoms with Gasteiger partial charge in [0.15, 0.2) is 0 Å². The summed E-state index contributed by atoms with van der Waals surface area (Å²) in [6.45, 7) is 0.392. The van der Waals surface area contributed by atoms with Gasteiger partial charge in [0.05, 0.1) is 5.02 Å². The lowest BCUT2D eigenvalue weighted by Crippen LogP contribution is -2.26. The van der Waals surface area contributed by atoms with Gasteiger partial charge in [-0.1, -0.05) is 29.8 Å². The largest absolute Gasteiger partial charge is 0.242 e. The summed E-state index contributed by atoms with van der Waals surface area (Å²) in [6, 6.07) is 10.5. The Balaban J connectivity index is 1.80. The number of benzene rings is 1. The molecule has 1 heterocycles. The van der Waals surface area contributed by atoms with Crippen LogP contribution in [0.15, 0.2) is 46.7 Å². The van der Waals surface area contributed by atoms with Crippen LogP contribution in [0.5, 0.6) is 0 Å². The van der Waals surface area contributed by atoms with Gasteiger partial charge in [0.25, 0.3) is 0 Å². The minimum Gasteiger partial charge on any atom is -0.210 e. The van der Waals surface area contributed by atoms with Crippen molar-refractivity contribution in [3.05, 3.63) is 51.7 Å². The highest BCUT2D eigenvalue weighted by Gasteiger charge is 2.16. The molecule has 20 heavy (non-hydrogen) atoms. The zero-order valence-corrected chi connectivity index (χ0v) is 13.8. The lowest BCUT2D eigenvalue weighted by Gasteiger charge is -2.07. The van der Waals surface area contributed by atoms with Crippen molar-refractivity contribution >= 4 is 44.7 Å². The summed E-state index contributed by atoms with van der Waals surface area (Å²) in [5.74, 6) is 1.63. The molecule has 1 aromatic carbocycles. The number of thioether (sulfide) groups is 1. The molecule has 0 saturated carbocycles. The fraction of sp³-hybridized carbons (Fsp3) is 0.231. The summed E-state index contributed by atoms with van der Waals surface area (Å²) in [7, 11) is -3.52. The van der Waals surface area contributed by atoms with Gasteiger partial charge in [-0.25, -0.2) is 13.1 Å². The first-order valence-corrected chi connectivity index (χ1v) is 9.83. The van der Waals surface area contributed by atoms with Crippen LogP contribution in [0.1, 0.15) is 4.88 Å². The van der Waals surface area contributed by atoms with E-state index in [0.29, 0.717) is 6.54 Å². The molecule has 0 saturated heterocycles. The van der Waals surface area contributed by atoms with Gasteiger partial charge in [0.1, 0.15) is 4.90 Å². The van der Waals surface area contributed by atoms with Gasteiger partial charge in [0, 0.05) is 22.9 Å². The molecule has 1 N–H and O–H groups in total. The van der Waals surface area contributed by atoms with Crippen molar-refractivity contribution in [2.45, 2.75) is 10.6 Å². The smallest absolute Gasteiger partial charge is 0.210 e. The molecule has 0 aliphatic rings. The van der Waals surface area contributed by atoms with E-state index in [4.69, 9.17) is 11.6 Å². The van der Waals surface area contributed by atoms with Gasteiger partial charge in [-0.15, -0.1) is 11.3 Å². The first-order chi connectivity index (χ1) is 9.59. The van der Waals surface area contributed by atoms with Crippen LogP contribution in [0.2, 0.25) is 5.02 Å². The second kappa shape index (κ2) is 7.47. The number of hydrogen-bond donors (Lipinski definition) is 1. The number of halogens is 1. The first-order valence-electron chi connectivity index (χ1n) is 5.94. The summed E-state index contributed by atoms with van der Waals surface area (Å²) < 4.78 is 26.7. The van der Waals surface area contributed by atoms with E-state index < -0.39 is 10.0 Å². The molecular weight excluding hydrogens is 334 g/mol. The molecule has 0 aliphatic heterocycles. The predicted octanol–water partition coefficient (Wildman–Crippen LogP) is 3.61. The molecular formula is C13H14ClNO2S3. The summed E-state index contributed by atoms with van der Waals surface area (Å²) in [4.78, 5) is 1.42. The van der Waals surface area contributed by atoms with E-state index in [-0.39, 0.29) is 9.92 Å².